The highest BCUT2D eigenvalue weighted by Crippen LogP contribution is 2.15. The number of hydrogen-bond acceptors (Lipinski definition) is 2. The van der Waals surface area contributed by atoms with Crippen LogP contribution in [-0.4, -0.2) is 12.0 Å². The van der Waals surface area contributed by atoms with E-state index in [-0.39, 0.29) is 0 Å². The van der Waals surface area contributed by atoms with Crippen LogP contribution in [0.15, 0.2) is 36.5 Å². The molecule has 0 amide bonds. The van der Waals surface area contributed by atoms with Gasteiger partial charge in [0.05, 0.1) is 5.52 Å². The zero-order valence-electron chi connectivity index (χ0n) is 7.62. The summed E-state index contributed by atoms with van der Waals surface area (Å²) in [6.07, 6.45) is 1.86. The van der Waals surface area contributed by atoms with E-state index in [2.05, 4.69) is 22.4 Å². The Kier molecular flexibility index (Phi) is 2.23. The van der Waals surface area contributed by atoms with Crippen molar-refractivity contribution in [2.75, 3.05) is 7.05 Å². The highest BCUT2D eigenvalue weighted by atomic mass is 14.8. The van der Waals surface area contributed by atoms with Crippen LogP contribution in [0, 0.1) is 0 Å². The molecule has 1 heterocycles. The molecule has 1 aromatic heterocycles. The molecule has 0 saturated heterocycles. The van der Waals surface area contributed by atoms with Crippen LogP contribution in [0.4, 0.5) is 0 Å². The molecule has 0 bridgehead atoms. The predicted octanol–water partition coefficient (Wildman–Crippen LogP) is 1.95. The highest BCUT2D eigenvalue weighted by Gasteiger charge is 1.98. The second-order valence-corrected chi connectivity index (χ2v) is 3.02. The van der Waals surface area contributed by atoms with Gasteiger partial charge in [0.1, 0.15) is 0 Å². The van der Waals surface area contributed by atoms with Crippen LogP contribution in [0.25, 0.3) is 10.9 Å². The lowest BCUT2D eigenvalue weighted by Gasteiger charge is -2.03. The first-order valence-electron chi connectivity index (χ1n) is 4.39. The smallest absolute Gasteiger partial charge is 0.0705 e. The van der Waals surface area contributed by atoms with Gasteiger partial charge in [0.2, 0.25) is 0 Å². The van der Waals surface area contributed by atoms with Gasteiger partial charge >= 0.3 is 0 Å². The van der Waals surface area contributed by atoms with E-state index in [1.54, 1.807) is 0 Å². The lowest BCUT2D eigenvalue weighted by molar-refractivity contribution is 0.822. The first kappa shape index (κ1) is 8.20. The molecule has 0 spiro atoms. The Bertz CT molecular complexity index is 404. The Hall–Kier alpha value is -1.41. The fraction of sp³-hybridized carbons (Fsp3) is 0.182. The van der Waals surface area contributed by atoms with E-state index in [9.17, 15) is 0 Å². The molecule has 13 heavy (non-hydrogen) atoms. The summed E-state index contributed by atoms with van der Waals surface area (Å²) < 4.78 is 0. The molecule has 0 radical (unpaired) electrons. The van der Waals surface area contributed by atoms with Crippen molar-refractivity contribution in [2.45, 2.75) is 6.54 Å². The third-order valence-electron chi connectivity index (χ3n) is 2.11. The second-order valence-electron chi connectivity index (χ2n) is 3.02. The van der Waals surface area contributed by atoms with Crippen molar-refractivity contribution in [3.63, 3.8) is 0 Å². The van der Waals surface area contributed by atoms with Crippen LogP contribution in [0.3, 0.4) is 0 Å². The molecule has 0 aliphatic rings. The molecular weight excluding hydrogens is 160 g/mol. The minimum absolute atomic E-state index is 0.892. The minimum Gasteiger partial charge on any atom is -0.316 e. The summed E-state index contributed by atoms with van der Waals surface area (Å²) >= 11 is 0. The molecule has 2 rings (SSSR count). The van der Waals surface area contributed by atoms with Crippen molar-refractivity contribution < 1.29 is 0 Å². The van der Waals surface area contributed by atoms with Crippen molar-refractivity contribution in [3.05, 3.63) is 42.1 Å². The molecule has 0 unspecified atom stereocenters. The fourth-order valence-corrected chi connectivity index (χ4v) is 1.50. The van der Waals surface area contributed by atoms with Gasteiger partial charge in [-0.15, -0.1) is 0 Å². The normalized spacial score (nSPS) is 10.5. The molecule has 1 aromatic carbocycles. The summed E-state index contributed by atoms with van der Waals surface area (Å²) in [6.45, 7) is 0.892. The van der Waals surface area contributed by atoms with Gasteiger partial charge in [0.25, 0.3) is 0 Å². The molecule has 66 valence electrons. The molecule has 2 aromatic rings. The van der Waals surface area contributed by atoms with Gasteiger partial charge in [-0.1, -0.05) is 18.2 Å². The van der Waals surface area contributed by atoms with Crippen molar-refractivity contribution in [1.82, 2.24) is 10.3 Å². The van der Waals surface area contributed by atoms with Crippen LogP contribution >= 0.6 is 0 Å². The summed E-state index contributed by atoms with van der Waals surface area (Å²) in [4.78, 5) is 4.30. The standard InChI is InChI=1S/C11H12N2/c1-12-8-9-6-7-13-11-5-3-2-4-10(9)11/h2-7,12H,8H2,1H3. The molecule has 2 heteroatoms. The maximum absolute atomic E-state index is 4.30. The van der Waals surface area contributed by atoms with Gasteiger partial charge in [0, 0.05) is 18.1 Å². The van der Waals surface area contributed by atoms with E-state index in [0.717, 1.165) is 12.1 Å². The average Bonchev–Trinajstić information content (AvgIpc) is 2.19. The molecule has 0 fully saturated rings. The van der Waals surface area contributed by atoms with Gasteiger partial charge < -0.3 is 5.32 Å². The topological polar surface area (TPSA) is 24.9 Å². The largest absolute Gasteiger partial charge is 0.316 e. The van der Waals surface area contributed by atoms with Crippen LogP contribution in [0.2, 0.25) is 0 Å². The van der Waals surface area contributed by atoms with E-state index >= 15 is 0 Å². The minimum atomic E-state index is 0.892. The monoisotopic (exact) mass is 172 g/mol. The molecule has 0 aliphatic heterocycles. The van der Waals surface area contributed by atoms with E-state index in [0.29, 0.717) is 0 Å². The Morgan fingerprint density at radius 1 is 1.23 bits per heavy atom. The van der Waals surface area contributed by atoms with Gasteiger partial charge in [0.15, 0.2) is 0 Å². The number of aromatic nitrogens is 1. The maximum Gasteiger partial charge on any atom is 0.0705 e. The SMILES string of the molecule is CNCc1ccnc2ccccc12. The lowest BCUT2D eigenvalue weighted by Crippen LogP contribution is -2.05. The number of pyridine rings is 1. The molecule has 2 nitrogen and oxygen atoms in total. The van der Waals surface area contributed by atoms with Crippen molar-refractivity contribution in [2.24, 2.45) is 0 Å². The molecule has 0 saturated carbocycles. The molecular formula is C11H12N2. The third kappa shape index (κ3) is 1.53. The summed E-state index contributed by atoms with van der Waals surface area (Å²) in [6, 6.07) is 10.3. The second kappa shape index (κ2) is 3.54. The van der Waals surface area contributed by atoms with Gasteiger partial charge in [-0.25, -0.2) is 0 Å². The van der Waals surface area contributed by atoms with E-state index in [4.69, 9.17) is 0 Å². The summed E-state index contributed by atoms with van der Waals surface area (Å²) in [5.41, 5.74) is 2.36. The van der Waals surface area contributed by atoms with Gasteiger partial charge in [-0.2, -0.15) is 0 Å². The Morgan fingerprint density at radius 2 is 2.08 bits per heavy atom. The number of rotatable bonds is 2. The number of nitrogens with one attached hydrogen (secondary N) is 1. The Labute approximate surface area is 77.6 Å². The summed E-state index contributed by atoms with van der Waals surface area (Å²) in [7, 11) is 1.95. The Balaban J connectivity index is 2.61. The van der Waals surface area contributed by atoms with E-state index in [1.807, 2.05) is 31.4 Å². The predicted molar refractivity (Wildman–Crippen MR) is 54.5 cm³/mol. The average molecular weight is 172 g/mol. The number of hydrogen-bond donors (Lipinski definition) is 1. The lowest BCUT2D eigenvalue weighted by atomic mass is 10.1. The highest BCUT2D eigenvalue weighted by molar-refractivity contribution is 5.81. The zero-order valence-corrected chi connectivity index (χ0v) is 7.62. The molecule has 1 N–H and O–H groups in total. The number of fused-ring (bicyclic) bond motifs is 1. The maximum atomic E-state index is 4.30. The van der Waals surface area contributed by atoms with Crippen LogP contribution in [-0.2, 0) is 6.54 Å². The zero-order chi connectivity index (χ0) is 9.10. The van der Waals surface area contributed by atoms with Crippen LogP contribution < -0.4 is 5.32 Å². The van der Waals surface area contributed by atoms with Crippen molar-refractivity contribution in [1.29, 1.82) is 0 Å². The quantitative estimate of drug-likeness (QED) is 0.749. The van der Waals surface area contributed by atoms with E-state index in [1.165, 1.54) is 10.9 Å². The molecule has 0 aliphatic carbocycles. The summed E-state index contributed by atoms with van der Waals surface area (Å²) in [5.74, 6) is 0. The van der Waals surface area contributed by atoms with Gasteiger partial charge in [-0.05, 0) is 24.7 Å². The van der Waals surface area contributed by atoms with Crippen LogP contribution in [0.5, 0.6) is 0 Å². The number of benzene rings is 1. The van der Waals surface area contributed by atoms with Crippen molar-refractivity contribution in [3.8, 4) is 0 Å². The third-order valence-corrected chi connectivity index (χ3v) is 2.11. The summed E-state index contributed by atoms with van der Waals surface area (Å²) in [5, 5.41) is 4.38. The van der Waals surface area contributed by atoms with E-state index < -0.39 is 0 Å². The van der Waals surface area contributed by atoms with Crippen molar-refractivity contribution >= 4 is 10.9 Å². The van der Waals surface area contributed by atoms with Crippen LogP contribution in [0.1, 0.15) is 5.56 Å². The number of para-hydroxylation sites is 1. The first-order valence-corrected chi connectivity index (χ1v) is 4.39. The van der Waals surface area contributed by atoms with Gasteiger partial charge in [-0.3, -0.25) is 4.98 Å². The number of nitrogens with zero attached hydrogens (tertiary/aromatic N) is 1. The fourth-order valence-electron chi connectivity index (χ4n) is 1.50. The molecule has 0 atom stereocenters. The Morgan fingerprint density at radius 3 is 2.92 bits per heavy atom. The first-order chi connectivity index (χ1) is 6.42.